The van der Waals surface area contributed by atoms with Gasteiger partial charge in [-0.2, -0.15) is 0 Å². The average Bonchev–Trinajstić information content (AvgIpc) is 2.48. The Kier molecular flexibility index (Phi) is 3.80. The lowest BCUT2D eigenvalue weighted by Gasteiger charge is -2.28. The second kappa shape index (κ2) is 5.52. The third-order valence-corrected chi connectivity index (χ3v) is 2.94. The summed E-state index contributed by atoms with van der Waals surface area (Å²) in [4.78, 5) is 16.4. The first-order valence-electron chi connectivity index (χ1n) is 6.00. The summed E-state index contributed by atoms with van der Waals surface area (Å²) in [5.74, 6) is -0.380. The van der Waals surface area contributed by atoms with Crippen LogP contribution in [0.15, 0.2) is 54.7 Å². The van der Waals surface area contributed by atoms with E-state index in [9.17, 15) is 4.79 Å². The number of esters is 1. The van der Waals surface area contributed by atoms with Crippen molar-refractivity contribution in [3.8, 4) is 0 Å². The molecule has 1 N–H and O–H groups in total. The highest BCUT2D eigenvalue weighted by Crippen LogP contribution is 2.25. The Morgan fingerprint density at radius 1 is 1.16 bits per heavy atom. The number of pyridine rings is 1. The summed E-state index contributed by atoms with van der Waals surface area (Å²) in [7, 11) is 1.37. The predicted octanol–water partition coefficient (Wildman–Crippen LogP) is 2.58. The molecular formula is C15H16N2O2. The third kappa shape index (κ3) is 2.73. The van der Waals surface area contributed by atoms with E-state index in [1.165, 1.54) is 7.11 Å². The third-order valence-electron chi connectivity index (χ3n) is 2.94. The van der Waals surface area contributed by atoms with Crippen molar-refractivity contribution < 1.29 is 9.53 Å². The summed E-state index contributed by atoms with van der Waals surface area (Å²) in [5.41, 5.74) is 0.434. The Labute approximate surface area is 112 Å². The predicted molar refractivity (Wildman–Crippen MR) is 73.7 cm³/mol. The maximum atomic E-state index is 12.1. The normalized spacial score (nSPS) is 13.4. The first-order chi connectivity index (χ1) is 9.16. The number of aromatic nitrogens is 1. The lowest BCUT2D eigenvalue weighted by Crippen LogP contribution is -2.42. The van der Waals surface area contributed by atoms with Crippen LogP contribution in [0.4, 0.5) is 5.69 Å². The number of ether oxygens (including phenoxy) is 1. The second-order valence-corrected chi connectivity index (χ2v) is 4.32. The zero-order valence-corrected chi connectivity index (χ0v) is 11.0. The first kappa shape index (κ1) is 13.1. The molecule has 2 rings (SSSR count). The number of rotatable bonds is 4. The highest BCUT2D eigenvalue weighted by atomic mass is 16.5. The van der Waals surface area contributed by atoms with E-state index in [-0.39, 0.29) is 5.97 Å². The number of hydrogen-bond donors (Lipinski definition) is 1. The topological polar surface area (TPSA) is 51.2 Å². The molecule has 0 radical (unpaired) electrons. The van der Waals surface area contributed by atoms with E-state index in [2.05, 4.69) is 10.3 Å². The quantitative estimate of drug-likeness (QED) is 0.854. The van der Waals surface area contributed by atoms with Crippen LogP contribution in [0.3, 0.4) is 0 Å². The lowest BCUT2D eigenvalue weighted by atomic mass is 9.96. The van der Waals surface area contributed by atoms with Crippen LogP contribution in [0.25, 0.3) is 0 Å². The van der Waals surface area contributed by atoms with Crippen LogP contribution in [-0.2, 0) is 15.1 Å². The van der Waals surface area contributed by atoms with Crippen LogP contribution < -0.4 is 5.32 Å². The molecule has 4 nitrogen and oxygen atoms in total. The summed E-state index contributed by atoms with van der Waals surface area (Å²) in [5, 5.41) is 3.19. The van der Waals surface area contributed by atoms with E-state index in [1.807, 2.05) is 42.5 Å². The zero-order valence-electron chi connectivity index (χ0n) is 11.0. The van der Waals surface area contributed by atoms with Gasteiger partial charge in [-0.15, -0.1) is 0 Å². The SMILES string of the molecule is COC(=O)C(C)(Nc1ccccc1)c1ccccn1. The molecule has 2 aromatic rings. The van der Waals surface area contributed by atoms with E-state index in [1.54, 1.807) is 19.2 Å². The maximum absolute atomic E-state index is 12.1. The Hall–Kier alpha value is -2.36. The van der Waals surface area contributed by atoms with Crippen molar-refractivity contribution in [1.29, 1.82) is 0 Å². The van der Waals surface area contributed by atoms with E-state index < -0.39 is 5.54 Å². The fourth-order valence-electron chi connectivity index (χ4n) is 1.89. The molecule has 0 fully saturated rings. The van der Waals surface area contributed by atoms with E-state index in [4.69, 9.17) is 4.74 Å². The van der Waals surface area contributed by atoms with Gasteiger partial charge in [0, 0.05) is 11.9 Å². The van der Waals surface area contributed by atoms with Gasteiger partial charge in [0.25, 0.3) is 0 Å². The van der Waals surface area contributed by atoms with Gasteiger partial charge in [-0.1, -0.05) is 24.3 Å². The molecule has 0 saturated carbocycles. The minimum atomic E-state index is -1.02. The van der Waals surface area contributed by atoms with Gasteiger partial charge in [-0.3, -0.25) is 4.98 Å². The molecule has 0 aliphatic carbocycles. The minimum Gasteiger partial charge on any atom is -0.467 e. The molecular weight excluding hydrogens is 240 g/mol. The van der Waals surface area contributed by atoms with Gasteiger partial charge in [0.1, 0.15) is 0 Å². The van der Waals surface area contributed by atoms with E-state index >= 15 is 0 Å². The molecule has 1 unspecified atom stereocenters. The molecule has 1 aromatic heterocycles. The Morgan fingerprint density at radius 3 is 2.42 bits per heavy atom. The Bertz CT molecular complexity index is 543. The van der Waals surface area contributed by atoms with Gasteiger partial charge >= 0.3 is 5.97 Å². The minimum absolute atomic E-state index is 0.380. The largest absolute Gasteiger partial charge is 0.467 e. The Morgan fingerprint density at radius 2 is 1.84 bits per heavy atom. The summed E-state index contributed by atoms with van der Waals surface area (Å²) >= 11 is 0. The van der Waals surface area contributed by atoms with Crippen molar-refractivity contribution in [3.05, 3.63) is 60.4 Å². The standard InChI is InChI=1S/C15H16N2O2/c1-15(14(18)19-2,13-10-6-7-11-16-13)17-12-8-4-3-5-9-12/h3-11,17H,1-2H3. The number of anilines is 1. The number of methoxy groups -OCH3 is 1. The fraction of sp³-hybridized carbons (Fsp3) is 0.200. The van der Waals surface area contributed by atoms with Gasteiger partial charge in [0.05, 0.1) is 12.8 Å². The fourth-order valence-corrected chi connectivity index (χ4v) is 1.89. The van der Waals surface area contributed by atoms with Gasteiger partial charge in [-0.05, 0) is 31.2 Å². The zero-order chi connectivity index (χ0) is 13.7. The van der Waals surface area contributed by atoms with Crippen LogP contribution in [-0.4, -0.2) is 18.1 Å². The summed E-state index contributed by atoms with van der Waals surface area (Å²) in [6.07, 6.45) is 1.66. The first-order valence-corrected chi connectivity index (χ1v) is 6.00. The van der Waals surface area contributed by atoms with Crippen LogP contribution in [0.5, 0.6) is 0 Å². The Balaban J connectivity index is 2.39. The highest BCUT2D eigenvalue weighted by molar-refractivity contribution is 5.85. The maximum Gasteiger partial charge on any atom is 0.337 e. The van der Waals surface area contributed by atoms with Crippen molar-refractivity contribution in [2.24, 2.45) is 0 Å². The molecule has 98 valence electrons. The van der Waals surface area contributed by atoms with E-state index in [0.717, 1.165) is 5.69 Å². The molecule has 1 aromatic carbocycles. The monoisotopic (exact) mass is 256 g/mol. The molecule has 4 heteroatoms. The molecule has 0 bridgehead atoms. The number of nitrogens with zero attached hydrogens (tertiary/aromatic N) is 1. The number of benzene rings is 1. The number of hydrogen-bond acceptors (Lipinski definition) is 4. The van der Waals surface area contributed by atoms with Gasteiger partial charge in [0.15, 0.2) is 5.54 Å². The van der Waals surface area contributed by atoms with Crippen molar-refractivity contribution >= 4 is 11.7 Å². The second-order valence-electron chi connectivity index (χ2n) is 4.32. The van der Waals surface area contributed by atoms with E-state index in [0.29, 0.717) is 5.69 Å². The average molecular weight is 256 g/mol. The van der Waals surface area contributed by atoms with Crippen molar-refractivity contribution in [3.63, 3.8) is 0 Å². The summed E-state index contributed by atoms with van der Waals surface area (Å²) in [6.45, 7) is 1.76. The molecule has 1 heterocycles. The number of carbonyl (C=O) groups excluding carboxylic acids is 1. The molecule has 19 heavy (non-hydrogen) atoms. The van der Waals surface area contributed by atoms with Crippen molar-refractivity contribution in [1.82, 2.24) is 4.98 Å². The van der Waals surface area contributed by atoms with Crippen LogP contribution in [0.2, 0.25) is 0 Å². The van der Waals surface area contributed by atoms with Gasteiger partial charge in [0.2, 0.25) is 0 Å². The van der Waals surface area contributed by atoms with Crippen LogP contribution >= 0.6 is 0 Å². The number of carbonyl (C=O) groups is 1. The molecule has 0 spiro atoms. The number of para-hydroxylation sites is 1. The molecule has 0 amide bonds. The van der Waals surface area contributed by atoms with Gasteiger partial charge in [-0.25, -0.2) is 4.79 Å². The highest BCUT2D eigenvalue weighted by Gasteiger charge is 2.37. The number of nitrogens with one attached hydrogen (secondary N) is 1. The van der Waals surface area contributed by atoms with Gasteiger partial charge < -0.3 is 10.1 Å². The lowest BCUT2D eigenvalue weighted by molar-refractivity contribution is -0.145. The smallest absolute Gasteiger partial charge is 0.337 e. The summed E-state index contributed by atoms with van der Waals surface area (Å²) in [6, 6.07) is 15.0. The molecule has 0 saturated heterocycles. The van der Waals surface area contributed by atoms with Crippen LogP contribution in [0, 0.1) is 0 Å². The molecule has 0 aliphatic heterocycles. The van der Waals surface area contributed by atoms with Crippen molar-refractivity contribution in [2.45, 2.75) is 12.5 Å². The van der Waals surface area contributed by atoms with Crippen LogP contribution in [0.1, 0.15) is 12.6 Å². The molecule has 0 aliphatic rings. The van der Waals surface area contributed by atoms with Crippen molar-refractivity contribution in [2.75, 3.05) is 12.4 Å². The summed E-state index contributed by atoms with van der Waals surface area (Å²) < 4.78 is 4.90. The molecule has 1 atom stereocenters.